The van der Waals surface area contributed by atoms with Crippen LogP contribution in [-0.2, 0) is 12.0 Å². The molecule has 0 aliphatic heterocycles. The zero-order chi connectivity index (χ0) is 12.4. The summed E-state index contributed by atoms with van der Waals surface area (Å²) in [7, 11) is 0. The summed E-state index contributed by atoms with van der Waals surface area (Å²) in [6, 6.07) is 0. The molecule has 0 aromatic carbocycles. The Balaban J connectivity index is 2.48. The Labute approximate surface area is 99.2 Å². The van der Waals surface area contributed by atoms with Crippen LogP contribution in [0.2, 0.25) is 0 Å². The standard InChI is InChI=1S/C13H25N3/c1-12(2,3)9-7-8-11-10-16(15-14-11)13(4,5)6/h10H,7-9H2,1-6H3/p+1. The largest absolute Gasteiger partial charge is 0.218 e. The van der Waals surface area contributed by atoms with Crippen molar-refractivity contribution >= 4 is 0 Å². The first-order chi connectivity index (χ1) is 7.18. The topological polar surface area (TPSA) is 32.6 Å². The fourth-order valence-corrected chi connectivity index (χ4v) is 1.59. The number of nitrogens with one attached hydrogen (secondary N) is 1. The number of aromatic amines is 1. The molecule has 0 radical (unpaired) electrons. The zero-order valence-electron chi connectivity index (χ0n) is 11.6. The monoisotopic (exact) mass is 224 g/mol. The van der Waals surface area contributed by atoms with Gasteiger partial charge in [0.1, 0.15) is 5.54 Å². The van der Waals surface area contributed by atoms with Gasteiger partial charge in [0.15, 0.2) is 6.20 Å². The summed E-state index contributed by atoms with van der Waals surface area (Å²) in [5.41, 5.74) is 1.69. The number of H-pyrrole nitrogens is 1. The molecule has 0 unspecified atom stereocenters. The van der Waals surface area contributed by atoms with E-state index in [9.17, 15) is 0 Å². The normalized spacial score (nSPS) is 13.1. The first-order valence-electron chi connectivity index (χ1n) is 6.15. The maximum atomic E-state index is 4.34. The van der Waals surface area contributed by atoms with Crippen LogP contribution in [0, 0.1) is 5.41 Å². The highest BCUT2D eigenvalue weighted by molar-refractivity contribution is 4.87. The Morgan fingerprint density at radius 3 is 2.25 bits per heavy atom. The quantitative estimate of drug-likeness (QED) is 0.787. The Morgan fingerprint density at radius 1 is 1.19 bits per heavy atom. The van der Waals surface area contributed by atoms with Gasteiger partial charge in [-0.2, -0.15) is 4.68 Å². The molecule has 1 N–H and O–H groups in total. The van der Waals surface area contributed by atoms with E-state index in [0.717, 1.165) is 6.42 Å². The summed E-state index contributed by atoms with van der Waals surface area (Å²) in [6.07, 6.45) is 5.65. The molecule has 1 aromatic rings. The van der Waals surface area contributed by atoms with E-state index < -0.39 is 0 Å². The molecular weight excluding hydrogens is 198 g/mol. The van der Waals surface area contributed by atoms with Gasteiger partial charge in [-0.25, -0.2) is 0 Å². The molecular formula is C13H26N3+. The molecule has 0 aliphatic carbocycles. The molecule has 1 aromatic heterocycles. The second-order valence-corrected chi connectivity index (χ2v) is 6.79. The predicted molar refractivity (Wildman–Crippen MR) is 66.2 cm³/mol. The third-order valence-corrected chi connectivity index (χ3v) is 2.66. The number of rotatable bonds is 3. The number of hydrogen-bond donors (Lipinski definition) is 1. The van der Waals surface area contributed by atoms with Gasteiger partial charge in [-0.1, -0.05) is 26.0 Å². The highest BCUT2D eigenvalue weighted by Crippen LogP contribution is 2.21. The van der Waals surface area contributed by atoms with Crippen molar-refractivity contribution < 1.29 is 4.68 Å². The van der Waals surface area contributed by atoms with Crippen LogP contribution in [0.3, 0.4) is 0 Å². The minimum atomic E-state index is 0.0925. The maximum Gasteiger partial charge on any atom is 0.218 e. The third kappa shape index (κ3) is 4.33. The van der Waals surface area contributed by atoms with Crippen molar-refractivity contribution in [2.45, 2.75) is 66.3 Å². The molecule has 1 rings (SSSR count). The Morgan fingerprint density at radius 2 is 1.81 bits per heavy atom. The molecule has 0 fully saturated rings. The Kier molecular flexibility index (Phi) is 3.76. The molecule has 0 aliphatic rings. The smallest absolute Gasteiger partial charge is 0.158 e. The summed E-state index contributed by atoms with van der Waals surface area (Å²) in [5, 5.41) is 7.40. The van der Waals surface area contributed by atoms with Crippen molar-refractivity contribution in [1.82, 2.24) is 10.3 Å². The average Bonchev–Trinajstić information content (AvgIpc) is 2.49. The van der Waals surface area contributed by atoms with Gasteiger partial charge >= 0.3 is 0 Å². The summed E-state index contributed by atoms with van der Waals surface area (Å²) < 4.78 is 2.07. The molecule has 92 valence electrons. The van der Waals surface area contributed by atoms with Crippen molar-refractivity contribution in [2.75, 3.05) is 0 Å². The van der Waals surface area contributed by atoms with Gasteiger partial charge in [0, 0.05) is 11.5 Å². The molecule has 0 saturated carbocycles. The van der Waals surface area contributed by atoms with Crippen molar-refractivity contribution in [2.24, 2.45) is 5.41 Å². The summed E-state index contributed by atoms with van der Waals surface area (Å²) in [6.45, 7) is 13.4. The van der Waals surface area contributed by atoms with E-state index in [1.54, 1.807) is 0 Å². The van der Waals surface area contributed by atoms with E-state index in [2.05, 4.69) is 62.7 Å². The number of nitrogens with zero attached hydrogens (tertiary/aromatic N) is 2. The minimum absolute atomic E-state index is 0.0925. The second kappa shape index (κ2) is 4.56. The summed E-state index contributed by atoms with van der Waals surface area (Å²) in [5.74, 6) is 0. The van der Waals surface area contributed by atoms with Crippen molar-refractivity contribution in [3.63, 3.8) is 0 Å². The molecule has 0 saturated heterocycles. The molecule has 0 spiro atoms. The lowest BCUT2D eigenvalue weighted by Crippen LogP contribution is -2.51. The van der Waals surface area contributed by atoms with Gasteiger partial charge in [-0.15, -0.1) is 0 Å². The van der Waals surface area contributed by atoms with E-state index in [4.69, 9.17) is 0 Å². The third-order valence-electron chi connectivity index (χ3n) is 2.66. The lowest BCUT2D eigenvalue weighted by atomic mass is 9.89. The van der Waals surface area contributed by atoms with Crippen LogP contribution in [0.1, 0.15) is 60.1 Å². The van der Waals surface area contributed by atoms with Crippen molar-refractivity contribution in [3.05, 3.63) is 11.9 Å². The highest BCUT2D eigenvalue weighted by atomic mass is 15.4. The fourth-order valence-electron chi connectivity index (χ4n) is 1.59. The van der Waals surface area contributed by atoms with E-state index in [0.29, 0.717) is 5.41 Å². The van der Waals surface area contributed by atoms with Crippen LogP contribution >= 0.6 is 0 Å². The molecule has 3 heteroatoms. The number of aryl methyl sites for hydroxylation is 1. The molecule has 0 atom stereocenters. The Hall–Kier alpha value is -0.860. The highest BCUT2D eigenvalue weighted by Gasteiger charge is 2.21. The molecule has 1 heterocycles. The van der Waals surface area contributed by atoms with Crippen LogP contribution < -0.4 is 4.68 Å². The zero-order valence-corrected chi connectivity index (χ0v) is 11.6. The second-order valence-electron chi connectivity index (χ2n) is 6.79. The van der Waals surface area contributed by atoms with E-state index in [1.807, 2.05) is 0 Å². The van der Waals surface area contributed by atoms with Crippen molar-refractivity contribution in [1.29, 1.82) is 0 Å². The van der Waals surface area contributed by atoms with Gasteiger partial charge in [0.05, 0.1) is 0 Å². The van der Waals surface area contributed by atoms with Crippen LogP contribution in [0.15, 0.2) is 6.20 Å². The molecule has 16 heavy (non-hydrogen) atoms. The van der Waals surface area contributed by atoms with Crippen LogP contribution in [-0.4, -0.2) is 10.3 Å². The summed E-state index contributed by atoms with van der Waals surface area (Å²) in [4.78, 5) is 0. The predicted octanol–water partition coefficient (Wildman–Crippen LogP) is 2.82. The fraction of sp³-hybridized carbons (Fsp3) is 0.846. The van der Waals surface area contributed by atoms with E-state index in [1.165, 1.54) is 18.5 Å². The first kappa shape index (κ1) is 13.2. The van der Waals surface area contributed by atoms with Gasteiger partial charge in [0.25, 0.3) is 0 Å². The van der Waals surface area contributed by atoms with E-state index in [-0.39, 0.29) is 5.54 Å². The molecule has 0 bridgehead atoms. The number of hydrogen-bond acceptors (Lipinski definition) is 1. The maximum absolute atomic E-state index is 4.34. The van der Waals surface area contributed by atoms with Gasteiger partial charge in [-0.05, 0) is 39.0 Å². The lowest BCUT2D eigenvalue weighted by molar-refractivity contribution is -0.805. The van der Waals surface area contributed by atoms with Crippen LogP contribution in [0.4, 0.5) is 0 Å². The van der Waals surface area contributed by atoms with E-state index >= 15 is 0 Å². The van der Waals surface area contributed by atoms with Gasteiger partial charge < -0.3 is 0 Å². The van der Waals surface area contributed by atoms with Crippen LogP contribution in [0.25, 0.3) is 0 Å². The Bertz CT molecular complexity index is 326. The summed E-state index contributed by atoms with van der Waals surface area (Å²) >= 11 is 0. The first-order valence-corrected chi connectivity index (χ1v) is 6.15. The average molecular weight is 224 g/mol. The molecule has 3 nitrogen and oxygen atoms in total. The SMILES string of the molecule is CC(C)(C)CCCc1c[n+](C(C)(C)C)[nH]n1. The van der Waals surface area contributed by atoms with Crippen LogP contribution in [0.5, 0.6) is 0 Å². The lowest BCUT2D eigenvalue weighted by Gasteiger charge is -2.16. The molecule has 0 amide bonds. The van der Waals surface area contributed by atoms with Gasteiger partial charge in [0.2, 0.25) is 5.69 Å². The minimum Gasteiger partial charge on any atom is -0.158 e. The van der Waals surface area contributed by atoms with Crippen molar-refractivity contribution in [3.8, 4) is 0 Å². The van der Waals surface area contributed by atoms with Gasteiger partial charge in [-0.3, -0.25) is 0 Å². The number of aromatic nitrogens is 3.